The summed E-state index contributed by atoms with van der Waals surface area (Å²) in [6, 6.07) is 27.7. The van der Waals surface area contributed by atoms with Gasteiger partial charge in [0.1, 0.15) is 12.4 Å². The number of nitrogens with one attached hydrogen (secondary N) is 1. The first-order chi connectivity index (χ1) is 15.1. The first kappa shape index (κ1) is 21.1. The van der Waals surface area contributed by atoms with E-state index >= 15 is 0 Å². The van der Waals surface area contributed by atoms with Gasteiger partial charge in [-0.2, -0.15) is 5.10 Å². The highest BCUT2D eigenvalue weighted by atomic mass is 32.2. The van der Waals surface area contributed by atoms with Gasteiger partial charge in [0.15, 0.2) is 0 Å². The number of para-hydroxylation sites is 2. The van der Waals surface area contributed by atoms with Crippen molar-refractivity contribution in [2.45, 2.75) is 24.1 Å². The van der Waals surface area contributed by atoms with E-state index in [1.807, 2.05) is 84.3 Å². The van der Waals surface area contributed by atoms with Gasteiger partial charge in [0.25, 0.3) is 0 Å². The topological polar surface area (TPSA) is 51.9 Å². The molecule has 0 unspecified atom stereocenters. The maximum Gasteiger partial charge on any atom is 0.246 e. The quantitative estimate of drug-likeness (QED) is 0.295. The number of aromatic nitrogens is 3. The third-order valence-electron chi connectivity index (χ3n) is 4.74. The lowest BCUT2D eigenvalue weighted by Gasteiger charge is -2.08. The van der Waals surface area contributed by atoms with Crippen molar-refractivity contribution in [3.05, 3.63) is 101 Å². The third-order valence-corrected chi connectivity index (χ3v) is 6.15. The smallest absolute Gasteiger partial charge is 0.246 e. The molecule has 0 aliphatic rings. The standard InChI is InChI=1S/C24H22N4OS2/c1-18-10-8-9-15-21(18)25-23(29)16-27-24(30)28(19-11-4-2-5-12-19)22(26-27)17-31-20-13-6-3-7-14-20/h2-15H,16-17H2,1H3,(H,25,29). The SMILES string of the molecule is Cc1ccccc1NC(=O)Cn1nc(CSc2ccccc2)n(-c2ccccc2)c1=S. The third kappa shape index (κ3) is 5.13. The summed E-state index contributed by atoms with van der Waals surface area (Å²) in [5.74, 6) is 1.27. The van der Waals surface area contributed by atoms with Crippen molar-refractivity contribution < 1.29 is 4.79 Å². The van der Waals surface area contributed by atoms with E-state index in [0.717, 1.165) is 27.7 Å². The lowest BCUT2D eigenvalue weighted by molar-refractivity contribution is -0.116. The molecule has 3 aromatic carbocycles. The van der Waals surface area contributed by atoms with Gasteiger partial charge in [0.05, 0.1) is 5.75 Å². The number of amides is 1. The van der Waals surface area contributed by atoms with Crippen molar-refractivity contribution in [3.8, 4) is 5.69 Å². The zero-order chi connectivity index (χ0) is 21.6. The molecule has 7 heteroatoms. The molecule has 0 radical (unpaired) electrons. The number of thioether (sulfide) groups is 1. The Morgan fingerprint density at radius 2 is 1.61 bits per heavy atom. The highest BCUT2D eigenvalue weighted by Crippen LogP contribution is 2.24. The fraction of sp³-hybridized carbons (Fsp3) is 0.125. The Balaban J connectivity index is 1.60. The summed E-state index contributed by atoms with van der Waals surface area (Å²) >= 11 is 7.39. The van der Waals surface area contributed by atoms with Crippen LogP contribution in [0.4, 0.5) is 5.69 Å². The van der Waals surface area contributed by atoms with Crippen molar-refractivity contribution in [1.29, 1.82) is 0 Å². The molecule has 0 bridgehead atoms. The summed E-state index contributed by atoms with van der Waals surface area (Å²) in [7, 11) is 0. The van der Waals surface area contributed by atoms with Crippen LogP contribution in [0.5, 0.6) is 0 Å². The van der Waals surface area contributed by atoms with Crippen LogP contribution in [0.1, 0.15) is 11.4 Å². The number of nitrogens with zero attached hydrogens (tertiary/aromatic N) is 3. The van der Waals surface area contributed by atoms with Crippen molar-refractivity contribution in [2.24, 2.45) is 0 Å². The minimum Gasteiger partial charge on any atom is -0.324 e. The first-order valence-corrected chi connectivity index (χ1v) is 11.3. The average Bonchev–Trinajstić information content (AvgIpc) is 3.10. The van der Waals surface area contributed by atoms with Gasteiger partial charge in [-0.3, -0.25) is 9.36 Å². The molecule has 0 saturated carbocycles. The van der Waals surface area contributed by atoms with E-state index in [0.29, 0.717) is 10.5 Å². The minimum absolute atomic E-state index is 0.0516. The molecule has 0 spiro atoms. The second-order valence-corrected chi connectivity index (χ2v) is 8.41. The maximum atomic E-state index is 12.7. The van der Waals surface area contributed by atoms with Gasteiger partial charge in [0, 0.05) is 16.3 Å². The van der Waals surface area contributed by atoms with Crippen LogP contribution >= 0.6 is 24.0 Å². The number of hydrogen-bond acceptors (Lipinski definition) is 4. The monoisotopic (exact) mass is 446 g/mol. The van der Waals surface area contributed by atoms with Gasteiger partial charge in [-0.05, 0) is 55.0 Å². The van der Waals surface area contributed by atoms with Gasteiger partial charge < -0.3 is 5.32 Å². The van der Waals surface area contributed by atoms with Crippen LogP contribution < -0.4 is 5.32 Å². The van der Waals surface area contributed by atoms with Gasteiger partial charge in [-0.15, -0.1) is 11.8 Å². The van der Waals surface area contributed by atoms with Crippen LogP contribution in [0, 0.1) is 11.7 Å². The van der Waals surface area contributed by atoms with Crippen molar-refractivity contribution in [3.63, 3.8) is 0 Å². The van der Waals surface area contributed by atoms with E-state index in [1.165, 1.54) is 0 Å². The van der Waals surface area contributed by atoms with Gasteiger partial charge in [0.2, 0.25) is 10.7 Å². The second kappa shape index (κ2) is 9.76. The Hall–Kier alpha value is -3.16. The average molecular weight is 447 g/mol. The maximum absolute atomic E-state index is 12.7. The molecule has 31 heavy (non-hydrogen) atoms. The number of hydrogen-bond donors (Lipinski definition) is 1. The molecule has 0 aliphatic carbocycles. The molecule has 0 atom stereocenters. The molecule has 5 nitrogen and oxygen atoms in total. The summed E-state index contributed by atoms with van der Waals surface area (Å²) in [6.07, 6.45) is 0. The molecule has 4 aromatic rings. The van der Waals surface area contributed by atoms with Crippen LogP contribution in [0.15, 0.2) is 89.8 Å². The predicted molar refractivity (Wildman–Crippen MR) is 128 cm³/mol. The molecule has 1 N–H and O–H groups in total. The van der Waals surface area contributed by atoms with Crippen LogP contribution in [0.2, 0.25) is 0 Å². The highest BCUT2D eigenvalue weighted by molar-refractivity contribution is 7.98. The Morgan fingerprint density at radius 3 is 2.32 bits per heavy atom. The number of rotatable bonds is 7. The van der Waals surface area contributed by atoms with Crippen molar-refractivity contribution >= 4 is 35.6 Å². The first-order valence-electron chi connectivity index (χ1n) is 9.89. The number of carbonyl (C=O) groups excluding carboxylic acids is 1. The van der Waals surface area contributed by atoms with Crippen LogP contribution in [-0.4, -0.2) is 20.3 Å². The molecule has 1 aromatic heterocycles. The number of anilines is 1. The zero-order valence-corrected chi connectivity index (χ0v) is 18.7. The Morgan fingerprint density at radius 1 is 0.968 bits per heavy atom. The summed E-state index contributed by atoms with van der Waals surface area (Å²) in [5.41, 5.74) is 2.73. The number of benzene rings is 3. The molecule has 4 rings (SSSR count). The largest absolute Gasteiger partial charge is 0.324 e. The molecule has 1 heterocycles. The molecular formula is C24H22N4OS2. The highest BCUT2D eigenvalue weighted by Gasteiger charge is 2.15. The van der Waals surface area contributed by atoms with E-state index in [4.69, 9.17) is 17.3 Å². The molecular weight excluding hydrogens is 424 g/mol. The van der Waals surface area contributed by atoms with E-state index < -0.39 is 0 Å². The van der Waals surface area contributed by atoms with Crippen LogP contribution in [0.25, 0.3) is 5.69 Å². The van der Waals surface area contributed by atoms with E-state index in [-0.39, 0.29) is 12.5 Å². The Kier molecular flexibility index (Phi) is 6.64. The van der Waals surface area contributed by atoms with E-state index in [1.54, 1.807) is 16.4 Å². The second-order valence-electron chi connectivity index (χ2n) is 6.99. The Labute approximate surface area is 190 Å². The van der Waals surface area contributed by atoms with Gasteiger partial charge >= 0.3 is 0 Å². The summed E-state index contributed by atoms with van der Waals surface area (Å²) in [5, 5.41) is 7.65. The summed E-state index contributed by atoms with van der Waals surface area (Å²) in [4.78, 5) is 13.8. The van der Waals surface area contributed by atoms with Crippen molar-refractivity contribution in [1.82, 2.24) is 14.3 Å². The normalized spacial score (nSPS) is 10.7. The number of aryl methyl sites for hydroxylation is 1. The van der Waals surface area contributed by atoms with E-state index in [9.17, 15) is 4.79 Å². The molecule has 0 fully saturated rings. The van der Waals surface area contributed by atoms with Crippen LogP contribution in [0.3, 0.4) is 0 Å². The molecule has 0 saturated heterocycles. The Bertz CT molecular complexity index is 1230. The lowest BCUT2D eigenvalue weighted by atomic mass is 10.2. The summed E-state index contributed by atoms with van der Waals surface area (Å²) in [6.45, 7) is 2.01. The molecule has 156 valence electrons. The minimum atomic E-state index is -0.162. The van der Waals surface area contributed by atoms with E-state index in [2.05, 4.69) is 17.4 Å². The fourth-order valence-electron chi connectivity index (χ4n) is 3.19. The van der Waals surface area contributed by atoms with Gasteiger partial charge in [-0.1, -0.05) is 54.6 Å². The summed E-state index contributed by atoms with van der Waals surface area (Å²) < 4.78 is 4.03. The number of carbonyl (C=O) groups is 1. The molecule has 1 amide bonds. The fourth-order valence-corrected chi connectivity index (χ4v) is 4.34. The van der Waals surface area contributed by atoms with Crippen LogP contribution in [-0.2, 0) is 17.1 Å². The zero-order valence-electron chi connectivity index (χ0n) is 17.1. The predicted octanol–water partition coefficient (Wildman–Crippen LogP) is 5.64. The molecule has 0 aliphatic heterocycles. The van der Waals surface area contributed by atoms with Gasteiger partial charge in [-0.25, -0.2) is 4.68 Å². The van der Waals surface area contributed by atoms with Crippen molar-refractivity contribution in [2.75, 3.05) is 5.32 Å². The lowest BCUT2D eigenvalue weighted by Crippen LogP contribution is -2.20.